The number of benzene rings is 2. The summed E-state index contributed by atoms with van der Waals surface area (Å²) in [6, 6.07) is 20.7. The molecule has 1 aliphatic rings. The van der Waals surface area contributed by atoms with Crippen molar-refractivity contribution in [2.75, 3.05) is 26.7 Å². The number of amides is 1. The first-order chi connectivity index (χ1) is 13.2. The van der Waals surface area contributed by atoms with Gasteiger partial charge < -0.3 is 4.90 Å². The number of nitrogens with zero attached hydrogens (tertiary/aromatic N) is 2. The number of rotatable bonds is 7. The van der Waals surface area contributed by atoms with Crippen LogP contribution in [0.3, 0.4) is 0 Å². The first kappa shape index (κ1) is 22.2. The summed E-state index contributed by atoms with van der Waals surface area (Å²) < 4.78 is 0. The van der Waals surface area contributed by atoms with Crippen molar-refractivity contribution in [2.24, 2.45) is 5.92 Å². The molecular formula is C24H31ClN2O. The van der Waals surface area contributed by atoms with E-state index in [1.807, 2.05) is 48.4 Å². The molecule has 0 saturated carbocycles. The van der Waals surface area contributed by atoms with Crippen molar-refractivity contribution in [3.63, 3.8) is 0 Å². The summed E-state index contributed by atoms with van der Waals surface area (Å²) in [5, 5.41) is 0. The Kier molecular flexibility index (Phi) is 9.26. The lowest BCUT2D eigenvalue weighted by molar-refractivity contribution is -0.124. The SMILES string of the molecule is CN(CCC1CCN(Cc2ccccc2)CC1)C(=O)/C=C/c1ccccc1.Cl. The molecule has 1 aliphatic heterocycles. The molecule has 1 saturated heterocycles. The minimum atomic E-state index is 0. The highest BCUT2D eigenvalue weighted by Gasteiger charge is 2.20. The lowest BCUT2D eigenvalue weighted by atomic mass is 9.93. The van der Waals surface area contributed by atoms with Crippen LogP contribution in [0.5, 0.6) is 0 Å². The third-order valence-electron chi connectivity index (χ3n) is 5.42. The summed E-state index contributed by atoms with van der Waals surface area (Å²) in [6.45, 7) is 4.20. The van der Waals surface area contributed by atoms with E-state index in [2.05, 4.69) is 35.2 Å². The molecule has 0 bridgehead atoms. The van der Waals surface area contributed by atoms with Gasteiger partial charge >= 0.3 is 0 Å². The minimum Gasteiger partial charge on any atom is -0.342 e. The van der Waals surface area contributed by atoms with Crippen LogP contribution in [0, 0.1) is 5.92 Å². The number of hydrogen-bond donors (Lipinski definition) is 0. The van der Waals surface area contributed by atoms with E-state index in [0.717, 1.165) is 44.1 Å². The van der Waals surface area contributed by atoms with Crippen molar-refractivity contribution in [3.8, 4) is 0 Å². The van der Waals surface area contributed by atoms with Gasteiger partial charge in [-0.15, -0.1) is 12.4 Å². The molecule has 4 heteroatoms. The zero-order valence-electron chi connectivity index (χ0n) is 16.7. The Balaban J connectivity index is 0.00000280. The van der Waals surface area contributed by atoms with Gasteiger partial charge in [-0.05, 0) is 55.5 Å². The lowest BCUT2D eigenvalue weighted by Gasteiger charge is -2.32. The number of halogens is 1. The lowest BCUT2D eigenvalue weighted by Crippen LogP contribution is -2.35. The average Bonchev–Trinajstić information content (AvgIpc) is 2.73. The fourth-order valence-electron chi connectivity index (χ4n) is 3.62. The van der Waals surface area contributed by atoms with Gasteiger partial charge in [0, 0.05) is 26.2 Å². The maximum Gasteiger partial charge on any atom is 0.246 e. The largest absolute Gasteiger partial charge is 0.342 e. The van der Waals surface area contributed by atoms with Crippen molar-refractivity contribution < 1.29 is 4.79 Å². The summed E-state index contributed by atoms with van der Waals surface area (Å²) in [6.07, 6.45) is 7.13. The first-order valence-corrected chi connectivity index (χ1v) is 9.95. The number of hydrogen-bond acceptors (Lipinski definition) is 2. The van der Waals surface area contributed by atoms with Gasteiger partial charge in [0.25, 0.3) is 0 Å². The molecule has 1 fully saturated rings. The Hall–Kier alpha value is -2.10. The van der Waals surface area contributed by atoms with Crippen LogP contribution in [0.15, 0.2) is 66.7 Å². The number of piperidine rings is 1. The van der Waals surface area contributed by atoms with Gasteiger partial charge in [-0.1, -0.05) is 60.7 Å². The van der Waals surface area contributed by atoms with Gasteiger partial charge in [0.15, 0.2) is 0 Å². The van der Waals surface area contributed by atoms with E-state index in [1.54, 1.807) is 6.08 Å². The van der Waals surface area contributed by atoms with Gasteiger partial charge in [-0.25, -0.2) is 0 Å². The quantitative estimate of drug-likeness (QED) is 0.620. The number of carbonyl (C=O) groups is 1. The summed E-state index contributed by atoms with van der Waals surface area (Å²) in [4.78, 5) is 16.7. The molecule has 0 aliphatic carbocycles. The predicted octanol–water partition coefficient (Wildman–Crippen LogP) is 4.88. The van der Waals surface area contributed by atoms with Gasteiger partial charge in [0.1, 0.15) is 0 Å². The molecule has 0 unspecified atom stereocenters. The van der Waals surface area contributed by atoms with Gasteiger partial charge in [0.05, 0.1) is 0 Å². The van der Waals surface area contributed by atoms with Crippen molar-refractivity contribution in [1.82, 2.24) is 9.80 Å². The summed E-state index contributed by atoms with van der Waals surface area (Å²) in [5.41, 5.74) is 2.46. The van der Waals surface area contributed by atoms with Crippen LogP contribution in [0.25, 0.3) is 6.08 Å². The second-order valence-corrected chi connectivity index (χ2v) is 7.50. The Morgan fingerprint density at radius 1 is 1.04 bits per heavy atom. The van der Waals surface area contributed by atoms with Crippen LogP contribution in [-0.2, 0) is 11.3 Å². The van der Waals surface area contributed by atoms with E-state index >= 15 is 0 Å². The van der Waals surface area contributed by atoms with E-state index in [4.69, 9.17) is 0 Å². The van der Waals surface area contributed by atoms with Crippen LogP contribution >= 0.6 is 12.4 Å². The van der Waals surface area contributed by atoms with Gasteiger partial charge in [-0.2, -0.15) is 0 Å². The number of likely N-dealkylation sites (tertiary alicyclic amines) is 1. The molecule has 0 N–H and O–H groups in total. The second kappa shape index (κ2) is 11.7. The third-order valence-corrected chi connectivity index (χ3v) is 5.42. The highest BCUT2D eigenvalue weighted by atomic mass is 35.5. The number of likely N-dealkylation sites (N-methyl/N-ethyl adjacent to an activating group) is 1. The van der Waals surface area contributed by atoms with Crippen molar-refractivity contribution >= 4 is 24.4 Å². The summed E-state index contributed by atoms with van der Waals surface area (Å²) in [5.74, 6) is 0.811. The zero-order valence-corrected chi connectivity index (χ0v) is 17.5. The normalized spacial score (nSPS) is 15.3. The Morgan fingerprint density at radius 2 is 1.64 bits per heavy atom. The molecule has 3 rings (SSSR count). The molecule has 0 aromatic heterocycles. The summed E-state index contributed by atoms with van der Waals surface area (Å²) >= 11 is 0. The fraction of sp³-hybridized carbons (Fsp3) is 0.375. The first-order valence-electron chi connectivity index (χ1n) is 9.95. The minimum absolute atomic E-state index is 0. The molecule has 0 radical (unpaired) electrons. The topological polar surface area (TPSA) is 23.6 Å². The standard InChI is InChI=1S/C24H30N2O.ClH/c1-25(24(27)13-12-21-8-4-2-5-9-21)17-14-22-15-18-26(19-16-22)20-23-10-6-3-7-11-23;/h2-13,22H,14-20H2,1H3;1H/b13-12+;. The van der Waals surface area contributed by atoms with Crippen LogP contribution in [0.2, 0.25) is 0 Å². The molecule has 1 heterocycles. The van der Waals surface area contributed by atoms with Crippen LogP contribution in [0.1, 0.15) is 30.4 Å². The smallest absolute Gasteiger partial charge is 0.246 e. The molecule has 2 aromatic carbocycles. The molecule has 28 heavy (non-hydrogen) atoms. The Bertz CT molecular complexity index is 725. The summed E-state index contributed by atoms with van der Waals surface area (Å²) in [7, 11) is 1.90. The van der Waals surface area contributed by atoms with E-state index in [0.29, 0.717) is 0 Å². The van der Waals surface area contributed by atoms with Gasteiger partial charge in [-0.3, -0.25) is 9.69 Å². The number of carbonyl (C=O) groups excluding carboxylic acids is 1. The molecule has 3 nitrogen and oxygen atoms in total. The fourth-order valence-corrected chi connectivity index (χ4v) is 3.62. The molecule has 1 amide bonds. The highest BCUT2D eigenvalue weighted by molar-refractivity contribution is 5.91. The van der Waals surface area contributed by atoms with E-state index in [-0.39, 0.29) is 18.3 Å². The Labute approximate surface area is 175 Å². The average molecular weight is 399 g/mol. The third kappa shape index (κ3) is 7.14. The maximum absolute atomic E-state index is 12.3. The molecule has 2 aromatic rings. The van der Waals surface area contributed by atoms with Crippen LogP contribution in [-0.4, -0.2) is 42.4 Å². The Morgan fingerprint density at radius 3 is 2.29 bits per heavy atom. The van der Waals surface area contributed by atoms with Crippen molar-refractivity contribution in [1.29, 1.82) is 0 Å². The van der Waals surface area contributed by atoms with Crippen molar-refractivity contribution in [2.45, 2.75) is 25.8 Å². The maximum atomic E-state index is 12.3. The molecule has 150 valence electrons. The van der Waals surface area contributed by atoms with E-state index in [1.165, 1.54) is 18.4 Å². The molecule has 0 spiro atoms. The second-order valence-electron chi connectivity index (χ2n) is 7.50. The highest BCUT2D eigenvalue weighted by Crippen LogP contribution is 2.22. The molecular weight excluding hydrogens is 368 g/mol. The van der Waals surface area contributed by atoms with E-state index < -0.39 is 0 Å². The van der Waals surface area contributed by atoms with Gasteiger partial charge in [0.2, 0.25) is 5.91 Å². The van der Waals surface area contributed by atoms with Crippen molar-refractivity contribution in [3.05, 3.63) is 77.9 Å². The van der Waals surface area contributed by atoms with Crippen LogP contribution < -0.4 is 0 Å². The van der Waals surface area contributed by atoms with E-state index in [9.17, 15) is 4.79 Å². The molecule has 0 atom stereocenters. The monoisotopic (exact) mass is 398 g/mol. The zero-order chi connectivity index (χ0) is 18.9. The van der Waals surface area contributed by atoms with Crippen LogP contribution in [0.4, 0.5) is 0 Å². The predicted molar refractivity (Wildman–Crippen MR) is 119 cm³/mol.